The van der Waals surface area contributed by atoms with Gasteiger partial charge >= 0.3 is 11.8 Å². The number of thiocarbonyl (C=S) groups is 1. The van der Waals surface area contributed by atoms with Crippen molar-refractivity contribution in [2.45, 2.75) is 13.0 Å². The van der Waals surface area contributed by atoms with E-state index in [0.29, 0.717) is 19.0 Å². The lowest BCUT2D eigenvalue weighted by Gasteiger charge is -2.22. The summed E-state index contributed by atoms with van der Waals surface area (Å²) in [7, 11) is 3.95. The number of nitrogens with two attached hydrogens (primary N) is 1. The van der Waals surface area contributed by atoms with Crippen molar-refractivity contribution in [2.75, 3.05) is 33.7 Å². The van der Waals surface area contributed by atoms with Crippen LogP contribution in [0.1, 0.15) is 6.92 Å². The first-order valence-electron chi connectivity index (χ1n) is 5.84. The van der Waals surface area contributed by atoms with Crippen LogP contribution in [0.2, 0.25) is 0 Å². The van der Waals surface area contributed by atoms with Crippen molar-refractivity contribution >= 4 is 29.0 Å². The molecule has 2 unspecified atom stereocenters. The molecular formula is C11H20N4O2S. The van der Waals surface area contributed by atoms with Gasteiger partial charge in [-0.1, -0.05) is 19.1 Å². The number of nitrogens with one attached hydrogen (secondary N) is 1. The summed E-state index contributed by atoms with van der Waals surface area (Å²) >= 11 is 4.64. The zero-order valence-corrected chi connectivity index (χ0v) is 11.8. The van der Waals surface area contributed by atoms with Crippen LogP contribution in [0.3, 0.4) is 0 Å². The zero-order valence-electron chi connectivity index (χ0n) is 11.0. The van der Waals surface area contributed by atoms with Crippen LogP contribution in [0.15, 0.2) is 0 Å². The summed E-state index contributed by atoms with van der Waals surface area (Å²) in [6.07, 6.45) is 0. The van der Waals surface area contributed by atoms with E-state index in [2.05, 4.69) is 29.4 Å². The second-order valence-corrected chi connectivity index (χ2v) is 5.39. The average Bonchev–Trinajstić information content (AvgIpc) is 2.67. The molecule has 1 aliphatic heterocycles. The molecule has 3 N–H and O–H groups in total. The van der Waals surface area contributed by atoms with E-state index in [9.17, 15) is 9.59 Å². The molecule has 0 aromatic rings. The highest BCUT2D eigenvalue weighted by Crippen LogP contribution is 2.19. The van der Waals surface area contributed by atoms with E-state index in [1.807, 2.05) is 14.1 Å². The Bertz CT molecular complexity index is 359. The van der Waals surface area contributed by atoms with Gasteiger partial charge in [-0.25, -0.2) is 0 Å². The largest absolute Gasteiger partial charge is 0.392 e. The van der Waals surface area contributed by atoms with Crippen LogP contribution < -0.4 is 11.1 Å². The number of hydrogen-bond acceptors (Lipinski definition) is 4. The number of nitrogens with zero attached hydrogens (tertiary/aromatic N) is 2. The summed E-state index contributed by atoms with van der Waals surface area (Å²) in [5.41, 5.74) is 5.26. The lowest BCUT2D eigenvalue weighted by molar-refractivity contribution is -0.145. The van der Waals surface area contributed by atoms with Crippen molar-refractivity contribution < 1.29 is 9.59 Å². The molecule has 0 aromatic carbocycles. The number of likely N-dealkylation sites (N-methyl/N-ethyl adjacent to an activating group) is 1. The number of rotatable bonds is 3. The van der Waals surface area contributed by atoms with Gasteiger partial charge in [0.15, 0.2) is 0 Å². The number of amides is 2. The van der Waals surface area contributed by atoms with Crippen LogP contribution in [-0.2, 0) is 9.59 Å². The molecule has 7 heteroatoms. The molecule has 0 radical (unpaired) electrons. The molecule has 0 aliphatic carbocycles. The molecule has 102 valence electrons. The van der Waals surface area contributed by atoms with Gasteiger partial charge < -0.3 is 20.9 Å². The van der Waals surface area contributed by atoms with Crippen molar-refractivity contribution in [3.8, 4) is 0 Å². The summed E-state index contributed by atoms with van der Waals surface area (Å²) < 4.78 is 0. The normalized spacial score (nSPS) is 23.2. The smallest absolute Gasteiger partial charge is 0.311 e. The molecule has 6 nitrogen and oxygen atoms in total. The second kappa shape index (κ2) is 6.10. The number of hydrogen-bond donors (Lipinski definition) is 2. The van der Waals surface area contributed by atoms with Gasteiger partial charge in [0.2, 0.25) is 0 Å². The van der Waals surface area contributed by atoms with E-state index in [1.54, 1.807) is 4.90 Å². The molecule has 0 aromatic heterocycles. The third-order valence-corrected chi connectivity index (χ3v) is 3.28. The van der Waals surface area contributed by atoms with Crippen LogP contribution in [0.4, 0.5) is 0 Å². The fourth-order valence-electron chi connectivity index (χ4n) is 2.17. The van der Waals surface area contributed by atoms with Gasteiger partial charge in [0, 0.05) is 19.1 Å². The average molecular weight is 272 g/mol. The van der Waals surface area contributed by atoms with Crippen molar-refractivity contribution in [2.24, 2.45) is 11.7 Å². The first kappa shape index (κ1) is 14.8. The van der Waals surface area contributed by atoms with Crippen LogP contribution in [0.25, 0.3) is 0 Å². The maximum absolute atomic E-state index is 11.9. The van der Waals surface area contributed by atoms with E-state index >= 15 is 0 Å². The van der Waals surface area contributed by atoms with E-state index < -0.39 is 11.8 Å². The minimum absolute atomic E-state index is 0.0560. The van der Waals surface area contributed by atoms with Crippen LogP contribution in [0.5, 0.6) is 0 Å². The third kappa shape index (κ3) is 3.64. The number of carbonyl (C=O) groups excluding carboxylic acids is 2. The predicted octanol–water partition coefficient (Wildman–Crippen LogP) is -1.20. The molecule has 1 fully saturated rings. The van der Waals surface area contributed by atoms with E-state index in [0.717, 1.165) is 0 Å². The molecule has 18 heavy (non-hydrogen) atoms. The fraction of sp³-hybridized carbons (Fsp3) is 0.727. The molecule has 1 saturated heterocycles. The summed E-state index contributed by atoms with van der Waals surface area (Å²) in [4.78, 5) is 27.3. The highest BCUT2D eigenvalue weighted by Gasteiger charge is 2.35. The van der Waals surface area contributed by atoms with Crippen LogP contribution >= 0.6 is 12.2 Å². The molecule has 0 spiro atoms. The molecule has 2 atom stereocenters. The van der Waals surface area contributed by atoms with Gasteiger partial charge in [-0.15, -0.1) is 0 Å². The Morgan fingerprint density at radius 3 is 2.50 bits per heavy atom. The van der Waals surface area contributed by atoms with Gasteiger partial charge in [0.1, 0.15) is 0 Å². The Kier molecular flexibility index (Phi) is 5.03. The quantitative estimate of drug-likeness (QED) is 0.498. The van der Waals surface area contributed by atoms with E-state index in [4.69, 9.17) is 5.73 Å². The summed E-state index contributed by atoms with van der Waals surface area (Å²) in [5, 5.41) is 2.41. The van der Waals surface area contributed by atoms with Gasteiger partial charge in [-0.05, 0) is 20.0 Å². The van der Waals surface area contributed by atoms with Crippen LogP contribution in [-0.4, -0.2) is 66.4 Å². The standard InChI is InChI=1S/C11H20N4O2S/c1-7-5-15(6-8(7)14(2)3)11(17)10(16)13-4-9(12)18/h7-8H,4-6H2,1-3H3,(H2,12,18)(H,13,16). The minimum Gasteiger partial charge on any atom is -0.392 e. The van der Waals surface area contributed by atoms with Gasteiger partial charge in [0.25, 0.3) is 0 Å². The monoisotopic (exact) mass is 272 g/mol. The molecule has 1 rings (SSSR count). The highest BCUT2D eigenvalue weighted by atomic mass is 32.1. The topological polar surface area (TPSA) is 78.7 Å². The zero-order chi connectivity index (χ0) is 13.9. The lowest BCUT2D eigenvalue weighted by atomic mass is 10.1. The van der Waals surface area contributed by atoms with Gasteiger partial charge in [-0.3, -0.25) is 9.59 Å². The van der Waals surface area contributed by atoms with E-state index in [-0.39, 0.29) is 17.6 Å². The van der Waals surface area contributed by atoms with Crippen molar-refractivity contribution in [3.05, 3.63) is 0 Å². The third-order valence-electron chi connectivity index (χ3n) is 3.14. The summed E-state index contributed by atoms with van der Waals surface area (Å²) in [6.45, 7) is 3.31. The Hall–Kier alpha value is -1.21. The second-order valence-electron chi connectivity index (χ2n) is 4.87. The SMILES string of the molecule is CC1CN(C(=O)C(=O)NCC(N)=S)CC1N(C)C. The molecule has 2 amide bonds. The summed E-state index contributed by atoms with van der Waals surface area (Å²) in [6, 6.07) is 0.289. The molecule has 0 saturated carbocycles. The first-order chi connectivity index (χ1) is 8.32. The molecule has 0 bridgehead atoms. The predicted molar refractivity (Wildman–Crippen MR) is 73.0 cm³/mol. The Morgan fingerprint density at radius 1 is 1.44 bits per heavy atom. The fourth-order valence-corrected chi connectivity index (χ4v) is 2.25. The summed E-state index contributed by atoms with van der Waals surface area (Å²) in [5.74, 6) is -0.802. The number of carbonyl (C=O) groups is 2. The van der Waals surface area contributed by atoms with Gasteiger partial charge in [0.05, 0.1) is 11.5 Å². The maximum atomic E-state index is 11.9. The molecular weight excluding hydrogens is 252 g/mol. The van der Waals surface area contributed by atoms with Crippen molar-refractivity contribution in [1.82, 2.24) is 15.1 Å². The Balaban J connectivity index is 2.53. The van der Waals surface area contributed by atoms with Crippen molar-refractivity contribution in [1.29, 1.82) is 0 Å². The highest BCUT2D eigenvalue weighted by molar-refractivity contribution is 7.80. The molecule has 1 aliphatic rings. The van der Waals surface area contributed by atoms with Crippen molar-refractivity contribution in [3.63, 3.8) is 0 Å². The Morgan fingerprint density at radius 2 is 2.06 bits per heavy atom. The lowest BCUT2D eigenvalue weighted by Crippen LogP contribution is -2.45. The van der Waals surface area contributed by atoms with Gasteiger partial charge in [-0.2, -0.15) is 0 Å². The van der Waals surface area contributed by atoms with E-state index in [1.165, 1.54) is 0 Å². The Labute approximate surface area is 112 Å². The first-order valence-corrected chi connectivity index (χ1v) is 6.25. The molecule has 1 heterocycles. The maximum Gasteiger partial charge on any atom is 0.311 e. The number of likely N-dealkylation sites (tertiary alicyclic amines) is 1. The van der Waals surface area contributed by atoms with Crippen LogP contribution in [0, 0.1) is 5.92 Å². The minimum atomic E-state index is -0.644.